The van der Waals surface area contributed by atoms with Gasteiger partial charge in [0, 0.05) is 36.2 Å². The molecule has 64 heavy (non-hydrogen) atoms. The first-order valence-corrected chi connectivity index (χ1v) is 22.7. The van der Waals surface area contributed by atoms with Crippen molar-refractivity contribution in [2.24, 2.45) is 11.8 Å². The number of hydrogen-bond donors (Lipinski definition) is 4. The van der Waals surface area contributed by atoms with Crippen LogP contribution in [0.5, 0.6) is 5.75 Å². The Balaban J connectivity index is 0.960. The number of amides is 4. The number of alkyl carbamates (subject to hydrolysis) is 2. The molecule has 0 saturated carbocycles. The first kappa shape index (κ1) is 43.1. The number of likely N-dealkylation sites (tertiary alicyclic amines) is 2. The Kier molecular flexibility index (Phi) is 12.0. The molecule has 4 aliphatic heterocycles. The van der Waals surface area contributed by atoms with Gasteiger partial charge in [0.15, 0.2) is 0 Å². The number of imidazole rings is 2. The number of rotatable bonds is 10. The van der Waals surface area contributed by atoms with Crippen LogP contribution in [-0.2, 0) is 30.4 Å². The summed E-state index contributed by atoms with van der Waals surface area (Å²) < 4.78 is 21.8. The molecule has 338 valence electrons. The number of aromatic nitrogens is 4. The Morgan fingerprint density at radius 2 is 1.53 bits per heavy atom. The van der Waals surface area contributed by atoms with Crippen LogP contribution in [0.25, 0.3) is 44.2 Å². The second kappa shape index (κ2) is 17.8. The lowest BCUT2D eigenvalue weighted by atomic mass is 9.90. The van der Waals surface area contributed by atoms with Gasteiger partial charge in [0.2, 0.25) is 11.8 Å². The van der Waals surface area contributed by atoms with Crippen molar-refractivity contribution in [2.75, 3.05) is 27.4 Å². The number of nitrogens with one attached hydrogen (secondary N) is 4. The van der Waals surface area contributed by atoms with E-state index in [2.05, 4.69) is 57.0 Å². The summed E-state index contributed by atoms with van der Waals surface area (Å²) in [5.74, 6) is 1.81. The molecular weight excluding hydrogens is 817 g/mol. The van der Waals surface area contributed by atoms with Gasteiger partial charge in [0.1, 0.15) is 36.1 Å². The zero-order chi connectivity index (χ0) is 44.8. The molecule has 5 aromatic rings. The number of carbonyl (C=O) groups is 4. The first-order valence-electron chi connectivity index (χ1n) is 22.7. The second-order valence-electron chi connectivity index (χ2n) is 17.9. The van der Waals surface area contributed by atoms with E-state index >= 15 is 0 Å². The molecule has 4 amide bonds. The molecule has 2 aromatic heterocycles. The van der Waals surface area contributed by atoms with Gasteiger partial charge in [-0.05, 0) is 111 Å². The van der Waals surface area contributed by atoms with Crippen molar-refractivity contribution in [2.45, 2.75) is 115 Å². The average Bonchev–Trinajstić information content (AvgIpc) is 4.14. The fourth-order valence-corrected chi connectivity index (χ4v) is 10.3. The summed E-state index contributed by atoms with van der Waals surface area (Å²) in [6.07, 6.45) is 5.79. The van der Waals surface area contributed by atoms with Crippen molar-refractivity contribution in [1.82, 2.24) is 40.4 Å². The first-order chi connectivity index (χ1) is 31.0. The fourth-order valence-electron chi connectivity index (χ4n) is 10.3. The molecule has 0 bridgehead atoms. The molecule has 16 nitrogen and oxygen atoms in total. The van der Waals surface area contributed by atoms with Crippen molar-refractivity contribution in [3.63, 3.8) is 0 Å². The van der Waals surface area contributed by atoms with Gasteiger partial charge in [-0.3, -0.25) is 9.59 Å². The molecule has 3 fully saturated rings. The van der Waals surface area contributed by atoms with E-state index in [1.807, 2.05) is 49.8 Å². The molecule has 7 atom stereocenters. The molecule has 3 aromatic carbocycles. The summed E-state index contributed by atoms with van der Waals surface area (Å²) in [5, 5.41) is 7.63. The van der Waals surface area contributed by atoms with Gasteiger partial charge in [-0.2, -0.15) is 0 Å². The summed E-state index contributed by atoms with van der Waals surface area (Å²) in [5.41, 5.74) is 6.60. The minimum absolute atomic E-state index is 0.0274. The summed E-state index contributed by atoms with van der Waals surface area (Å²) in [6, 6.07) is 12.7. The molecule has 0 aliphatic carbocycles. The SMILES string of the molecule is CC[C@H](C)C(NC(=O)OC)C(=O)N1[C@@H](C)CC[C@H]1c1nc2ccc3cc4c(cc3c2[nH]1)OCc1cc(-c2cnc([C@@H]3CC[C@H](C)N3C(=O)[C@@H](NC(=O)OC)C3CCOCC3)[nH]2)ccc1-4. The summed E-state index contributed by atoms with van der Waals surface area (Å²) in [4.78, 5) is 73.9. The van der Waals surface area contributed by atoms with Gasteiger partial charge in [0.05, 0.1) is 49.2 Å². The number of benzene rings is 3. The smallest absolute Gasteiger partial charge is 0.407 e. The van der Waals surface area contributed by atoms with Crippen molar-refractivity contribution >= 4 is 45.8 Å². The zero-order valence-electron chi connectivity index (χ0n) is 37.4. The minimum Gasteiger partial charge on any atom is -0.488 e. The van der Waals surface area contributed by atoms with Crippen molar-refractivity contribution in [3.05, 3.63) is 65.9 Å². The van der Waals surface area contributed by atoms with Gasteiger partial charge in [0.25, 0.3) is 0 Å². The highest BCUT2D eigenvalue weighted by atomic mass is 16.5. The Hall–Kier alpha value is -6.16. The quantitative estimate of drug-likeness (QED) is 0.108. The number of aromatic amines is 2. The van der Waals surface area contributed by atoms with E-state index in [4.69, 9.17) is 28.9 Å². The highest BCUT2D eigenvalue weighted by Crippen LogP contribution is 2.44. The lowest BCUT2D eigenvalue weighted by Crippen LogP contribution is -2.54. The van der Waals surface area contributed by atoms with Crippen LogP contribution in [0.1, 0.15) is 102 Å². The zero-order valence-corrected chi connectivity index (χ0v) is 37.4. The van der Waals surface area contributed by atoms with Gasteiger partial charge >= 0.3 is 12.2 Å². The monoisotopic (exact) mass is 874 g/mol. The van der Waals surface area contributed by atoms with Gasteiger partial charge in [-0.15, -0.1) is 0 Å². The molecule has 6 heterocycles. The van der Waals surface area contributed by atoms with Crippen LogP contribution in [-0.4, -0.2) is 105 Å². The van der Waals surface area contributed by atoms with Gasteiger partial charge < -0.3 is 49.3 Å². The molecular formula is C48H58N8O8. The third-order valence-corrected chi connectivity index (χ3v) is 14.2. The normalized spacial score (nSPS) is 22.3. The topological polar surface area (TPSA) is 193 Å². The highest BCUT2D eigenvalue weighted by Gasteiger charge is 2.44. The molecule has 4 N–H and O–H groups in total. The van der Waals surface area contributed by atoms with E-state index in [1.165, 1.54) is 14.2 Å². The number of hydrogen-bond acceptors (Lipinski definition) is 10. The van der Waals surface area contributed by atoms with E-state index < -0.39 is 24.3 Å². The summed E-state index contributed by atoms with van der Waals surface area (Å²) in [7, 11) is 2.62. The van der Waals surface area contributed by atoms with Crippen LogP contribution in [0.4, 0.5) is 9.59 Å². The van der Waals surface area contributed by atoms with Crippen LogP contribution >= 0.6 is 0 Å². The van der Waals surface area contributed by atoms with E-state index in [0.717, 1.165) is 93.4 Å². The molecule has 0 spiro atoms. The molecule has 1 unspecified atom stereocenters. The maximum absolute atomic E-state index is 14.3. The molecule has 3 saturated heterocycles. The van der Waals surface area contributed by atoms with Gasteiger partial charge in [-0.1, -0.05) is 38.5 Å². The van der Waals surface area contributed by atoms with E-state index in [-0.39, 0.29) is 47.8 Å². The predicted molar refractivity (Wildman–Crippen MR) is 239 cm³/mol. The molecule has 9 rings (SSSR count). The molecule has 4 aliphatic rings. The number of nitrogens with zero attached hydrogens (tertiary/aromatic N) is 4. The second-order valence-corrected chi connectivity index (χ2v) is 17.9. The number of H-pyrrole nitrogens is 2. The van der Waals surface area contributed by atoms with Crippen LogP contribution in [0.3, 0.4) is 0 Å². The summed E-state index contributed by atoms with van der Waals surface area (Å²) in [6.45, 7) is 9.54. The predicted octanol–water partition coefficient (Wildman–Crippen LogP) is 7.69. The van der Waals surface area contributed by atoms with E-state index in [1.54, 1.807) is 0 Å². The number of carbonyl (C=O) groups excluding carboxylic acids is 4. The largest absolute Gasteiger partial charge is 0.488 e. The number of fused-ring (bicyclic) bond motifs is 6. The third kappa shape index (κ3) is 7.90. The van der Waals surface area contributed by atoms with Crippen LogP contribution in [0, 0.1) is 11.8 Å². The van der Waals surface area contributed by atoms with Crippen LogP contribution < -0.4 is 15.4 Å². The minimum atomic E-state index is -0.715. The summed E-state index contributed by atoms with van der Waals surface area (Å²) >= 11 is 0. The Morgan fingerprint density at radius 3 is 2.25 bits per heavy atom. The highest BCUT2D eigenvalue weighted by molar-refractivity contribution is 6.07. The van der Waals surface area contributed by atoms with Gasteiger partial charge in [-0.25, -0.2) is 19.6 Å². The lowest BCUT2D eigenvalue weighted by molar-refractivity contribution is -0.139. The standard InChI is InChI=1S/C48H58N8O8/c1-7-25(2)40(53-47(59)61-5)45(57)56-27(4)9-15-38(56)44-50-35-13-11-29-21-34-32-12-10-30(20-31(32)24-64-39(34)22-33(29)42(35)52-44)36-23-49-43(51-36)37-14-8-26(3)55(37)46(58)41(54-48(60)62-6)28-16-18-63-19-17-28/h10-13,20-23,25-28,37-38,40-41H,7-9,14-19,24H2,1-6H3,(H,49,51)(H,50,52)(H,53,59)(H,54,60)/t25-,26-,27-,37-,38-,40?,41-/m0/s1. The fraction of sp³-hybridized carbons (Fsp3) is 0.500. The average molecular weight is 875 g/mol. The van der Waals surface area contributed by atoms with Crippen molar-refractivity contribution in [3.8, 4) is 28.1 Å². The Morgan fingerprint density at radius 1 is 0.828 bits per heavy atom. The Bertz CT molecular complexity index is 2580. The van der Waals surface area contributed by atoms with E-state index in [0.29, 0.717) is 38.5 Å². The maximum atomic E-state index is 14.3. The third-order valence-electron chi connectivity index (χ3n) is 14.2. The number of methoxy groups -OCH3 is 2. The Labute approximate surface area is 372 Å². The molecule has 16 heteroatoms. The molecule has 0 radical (unpaired) electrons. The number of ether oxygens (including phenoxy) is 4. The van der Waals surface area contributed by atoms with Crippen molar-refractivity contribution < 1.29 is 38.1 Å². The maximum Gasteiger partial charge on any atom is 0.407 e. The van der Waals surface area contributed by atoms with Crippen LogP contribution in [0.15, 0.2) is 48.7 Å². The van der Waals surface area contributed by atoms with E-state index in [9.17, 15) is 19.2 Å². The van der Waals surface area contributed by atoms with Crippen molar-refractivity contribution in [1.29, 1.82) is 0 Å². The lowest BCUT2D eigenvalue weighted by Gasteiger charge is -2.36. The van der Waals surface area contributed by atoms with Crippen LogP contribution in [0.2, 0.25) is 0 Å².